The van der Waals surface area contributed by atoms with Crippen molar-refractivity contribution in [3.05, 3.63) is 57.7 Å². The Morgan fingerprint density at radius 3 is 2.38 bits per heavy atom. The summed E-state index contributed by atoms with van der Waals surface area (Å²) in [6, 6.07) is 4.20. The Hall–Kier alpha value is -1.71. The summed E-state index contributed by atoms with van der Waals surface area (Å²) in [7, 11) is 0. The zero-order valence-corrected chi connectivity index (χ0v) is 15.3. The van der Waals surface area contributed by atoms with Crippen LogP contribution in [0.3, 0.4) is 0 Å². The molecule has 0 amide bonds. The fraction of sp³-hybridized carbons (Fsp3) is 0.476. The Kier molecular flexibility index (Phi) is 5.46. The molecule has 1 atom stereocenters. The van der Waals surface area contributed by atoms with Crippen molar-refractivity contribution in [2.24, 2.45) is 5.92 Å². The van der Waals surface area contributed by atoms with Crippen LogP contribution in [0.25, 0.3) is 0 Å². The van der Waals surface area contributed by atoms with Crippen molar-refractivity contribution < 1.29 is 15.0 Å². The van der Waals surface area contributed by atoms with Crippen molar-refractivity contribution in [1.82, 2.24) is 0 Å². The summed E-state index contributed by atoms with van der Waals surface area (Å²) in [5, 5.41) is 19.5. The molecule has 0 spiro atoms. The van der Waals surface area contributed by atoms with Gasteiger partial charge < -0.3 is 10.2 Å². The third-order valence-electron chi connectivity index (χ3n) is 4.91. The van der Waals surface area contributed by atoms with E-state index in [1.807, 2.05) is 19.1 Å². The van der Waals surface area contributed by atoms with Gasteiger partial charge in [0.1, 0.15) is 6.61 Å². The monoisotopic (exact) mass is 328 g/mol. The van der Waals surface area contributed by atoms with E-state index < -0.39 is 12.2 Å². The number of aliphatic hydroxyl groups is 2. The average Bonchev–Trinajstić information content (AvgIpc) is 2.90. The summed E-state index contributed by atoms with van der Waals surface area (Å²) >= 11 is 0. The van der Waals surface area contributed by atoms with Crippen LogP contribution in [-0.2, 0) is 16.8 Å². The van der Waals surface area contributed by atoms with Gasteiger partial charge in [0.15, 0.2) is 5.78 Å². The third kappa shape index (κ3) is 3.68. The van der Waals surface area contributed by atoms with Crippen molar-refractivity contribution in [3.63, 3.8) is 0 Å². The summed E-state index contributed by atoms with van der Waals surface area (Å²) in [6.45, 7) is 9.34. The van der Waals surface area contributed by atoms with Crippen molar-refractivity contribution in [1.29, 1.82) is 0 Å². The highest BCUT2D eigenvalue weighted by molar-refractivity contribution is 5.98. The largest absolute Gasteiger partial charge is 0.388 e. The highest BCUT2D eigenvalue weighted by Gasteiger charge is 2.27. The van der Waals surface area contributed by atoms with Gasteiger partial charge in [-0.05, 0) is 62.8 Å². The molecule has 1 aromatic rings. The fourth-order valence-corrected chi connectivity index (χ4v) is 3.64. The second kappa shape index (κ2) is 7.04. The zero-order chi connectivity index (χ0) is 18.1. The minimum absolute atomic E-state index is 0.0796. The minimum atomic E-state index is -0.878. The van der Waals surface area contributed by atoms with Crippen LogP contribution in [0.5, 0.6) is 0 Å². The number of rotatable bonds is 6. The number of benzene rings is 1. The van der Waals surface area contributed by atoms with Gasteiger partial charge in [0.05, 0.1) is 5.60 Å². The SMILES string of the molecule is CCC1C(Cc2cc(C(C)(C)O)c(C)cc2C)=CC=C1C(=O)CO. The van der Waals surface area contributed by atoms with Gasteiger partial charge in [0.2, 0.25) is 0 Å². The molecule has 1 aliphatic rings. The predicted molar refractivity (Wildman–Crippen MR) is 96.9 cm³/mol. The second-order valence-electron chi connectivity index (χ2n) is 7.24. The number of hydrogen-bond acceptors (Lipinski definition) is 3. The molecule has 0 saturated carbocycles. The first kappa shape index (κ1) is 18.6. The molecule has 0 aliphatic heterocycles. The smallest absolute Gasteiger partial charge is 0.184 e. The van der Waals surface area contributed by atoms with Gasteiger partial charge in [-0.1, -0.05) is 36.8 Å². The van der Waals surface area contributed by atoms with Crippen LogP contribution in [0.15, 0.2) is 35.4 Å². The zero-order valence-electron chi connectivity index (χ0n) is 15.3. The van der Waals surface area contributed by atoms with E-state index >= 15 is 0 Å². The molecule has 0 fully saturated rings. The molecule has 0 aromatic heterocycles. The van der Waals surface area contributed by atoms with Gasteiger partial charge in [-0.3, -0.25) is 4.79 Å². The highest BCUT2D eigenvalue weighted by Crippen LogP contribution is 2.34. The Balaban J connectivity index is 2.31. The lowest BCUT2D eigenvalue weighted by Crippen LogP contribution is -2.19. The van der Waals surface area contributed by atoms with Crippen molar-refractivity contribution in [3.8, 4) is 0 Å². The molecule has 3 nitrogen and oxygen atoms in total. The fourth-order valence-electron chi connectivity index (χ4n) is 3.64. The molecular formula is C21H28O3. The van der Waals surface area contributed by atoms with Gasteiger partial charge in [-0.15, -0.1) is 0 Å². The maximum Gasteiger partial charge on any atom is 0.184 e. The topological polar surface area (TPSA) is 57.5 Å². The van der Waals surface area contributed by atoms with E-state index in [-0.39, 0.29) is 11.7 Å². The summed E-state index contributed by atoms with van der Waals surface area (Å²) < 4.78 is 0. The highest BCUT2D eigenvalue weighted by atomic mass is 16.3. The molecule has 1 aliphatic carbocycles. The normalized spacial score (nSPS) is 17.7. The maximum atomic E-state index is 11.9. The van der Waals surface area contributed by atoms with Crippen molar-refractivity contribution in [2.45, 2.75) is 53.1 Å². The molecular weight excluding hydrogens is 300 g/mol. The summed E-state index contributed by atoms with van der Waals surface area (Å²) in [5.74, 6) is -0.109. The lowest BCUT2D eigenvalue weighted by molar-refractivity contribution is -0.118. The number of aliphatic hydroxyl groups excluding tert-OH is 1. The Labute approximate surface area is 144 Å². The van der Waals surface area contributed by atoms with Crippen LogP contribution < -0.4 is 0 Å². The molecule has 0 bridgehead atoms. The number of Topliss-reactive ketones (excluding diaryl/α,β-unsaturated/α-hetero) is 1. The van der Waals surface area contributed by atoms with Gasteiger partial charge in [0, 0.05) is 11.5 Å². The standard InChI is InChI=1S/C21H28O3/c1-6-17-15(7-8-18(17)20(23)12-22)10-16-11-19(21(4,5)24)14(3)9-13(16)2/h7-9,11,17,22,24H,6,10,12H2,1-5H3. The predicted octanol–water partition coefficient (Wildman–Crippen LogP) is 3.53. The first-order chi connectivity index (χ1) is 11.2. The van der Waals surface area contributed by atoms with E-state index in [1.54, 1.807) is 13.8 Å². The van der Waals surface area contributed by atoms with Gasteiger partial charge >= 0.3 is 0 Å². The van der Waals surface area contributed by atoms with Crippen LogP contribution in [-0.4, -0.2) is 22.6 Å². The lowest BCUT2D eigenvalue weighted by atomic mass is 9.84. The Morgan fingerprint density at radius 1 is 1.17 bits per heavy atom. The molecule has 1 unspecified atom stereocenters. The van der Waals surface area contributed by atoms with E-state index in [4.69, 9.17) is 5.11 Å². The summed E-state index contributed by atoms with van der Waals surface area (Å²) in [5.41, 5.74) is 5.42. The van der Waals surface area contributed by atoms with E-state index in [9.17, 15) is 9.90 Å². The Bertz CT molecular complexity index is 703. The molecule has 130 valence electrons. The van der Waals surface area contributed by atoms with E-state index in [0.29, 0.717) is 5.57 Å². The van der Waals surface area contributed by atoms with Crippen LogP contribution in [0.2, 0.25) is 0 Å². The van der Waals surface area contributed by atoms with Crippen LogP contribution in [0, 0.1) is 19.8 Å². The number of hydrogen-bond donors (Lipinski definition) is 2. The summed E-state index contributed by atoms with van der Waals surface area (Å²) in [4.78, 5) is 11.9. The van der Waals surface area contributed by atoms with Crippen molar-refractivity contribution in [2.75, 3.05) is 6.61 Å². The number of allylic oxidation sites excluding steroid dienone is 3. The maximum absolute atomic E-state index is 11.9. The number of aryl methyl sites for hydroxylation is 2. The van der Waals surface area contributed by atoms with E-state index in [0.717, 1.165) is 24.0 Å². The van der Waals surface area contributed by atoms with Gasteiger partial charge in [0.25, 0.3) is 0 Å². The number of ketones is 1. The van der Waals surface area contributed by atoms with Gasteiger partial charge in [-0.25, -0.2) is 0 Å². The first-order valence-electron chi connectivity index (χ1n) is 8.56. The molecule has 3 heteroatoms. The van der Waals surface area contributed by atoms with E-state index in [1.165, 1.54) is 16.7 Å². The molecule has 24 heavy (non-hydrogen) atoms. The van der Waals surface area contributed by atoms with Crippen LogP contribution >= 0.6 is 0 Å². The van der Waals surface area contributed by atoms with Crippen LogP contribution in [0.4, 0.5) is 0 Å². The van der Waals surface area contributed by atoms with E-state index in [2.05, 4.69) is 26.0 Å². The molecule has 2 rings (SSSR count). The quantitative estimate of drug-likeness (QED) is 0.840. The second-order valence-corrected chi connectivity index (χ2v) is 7.24. The molecule has 0 radical (unpaired) electrons. The van der Waals surface area contributed by atoms with Crippen molar-refractivity contribution >= 4 is 5.78 Å². The molecule has 1 aromatic carbocycles. The Morgan fingerprint density at radius 2 is 1.83 bits per heavy atom. The van der Waals surface area contributed by atoms with Gasteiger partial charge in [-0.2, -0.15) is 0 Å². The average molecular weight is 328 g/mol. The number of carbonyl (C=O) groups excluding carboxylic acids is 1. The molecule has 2 N–H and O–H groups in total. The lowest BCUT2D eigenvalue weighted by Gasteiger charge is -2.24. The third-order valence-corrected chi connectivity index (χ3v) is 4.91. The molecule has 0 saturated heterocycles. The summed E-state index contributed by atoms with van der Waals surface area (Å²) in [6.07, 6.45) is 5.46. The minimum Gasteiger partial charge on any atom is -0.388 e. The molecule has 0 heterocycles. The number of carbonyl (C=O) groups is 1. The van der Waals surface area contributed by atoms with Crippen LogP contribution in [0.1, 0.15) is 49.4 Å². The first-order valence-corrected chi connectivity index (χ1v) is 8.56.